The van der Waals surface area contributed by atoms with Crippen LogP contribution in [0.3, 0.4) is 0 Å². The van der Waals surface area contributed by atoms with Crippen molar-refractivity contribution in [3.8, 4) is 0 Å². The van der Waals surface area contributed by atoms with Crippen molar-refractivity contribution < 1.29 is 27.4 Å². The number of hydrogen-bond acceptors (Lipinski definition) is 3. The first kappa shape index (κ1) is 13.7. The third kappa shape index (κ3) is 3.57. The summed E-state index contributed by atoms with van der Waals surface area (Å²) >= 11 is 0. The molecule has 0 aliphatic carbocycles. The van der Waals surface area contributed by atoms with Gasteiger partial charge in [-0.2, -0.15) is 0 Å². The van der Waals surface area contributed by atoms with Crippen molar-refractivity contribution in [2.24, 2.45) is 0 Å². The number of benzene rings is 1. The predicted octanol–water partition coefficient (Wildman–Crippen LogP) is 1.66. The summed E-state index contributed by atoms with van der Waals surface area (Å²) in [4.78, 5) is 0. The zero-order valence-corrected chi connectivity index (χ0v) is 8.77. The molecule has 3 nitrogen and oxygen atoms in total. The van der Waals surface area contributed by atoms with Gasteiger partial charge in [-0.3, -0.25) is 0 Å². The molecule has 7 heteroatoms. The first-order valence-electron chi connectivity index (χ1n) is 4.83. The van der Waals surface area contributed by atoms with Gasteiger partial charge in [0.1, 0.15) is 5.69 Å². The summed E-state index contributed by atoms with van der Waals surface area (Å²) in [6, 6.07) is 0.137. The molecule has 2 N–H and O–H groups in total. The molecule has 96 valence electrons. The van der Waals surface area contributed by atoms with Crippen LogP contribution in [0.4, 0.5) is 23.2 Å². The quantitative estimate of drug-likeness (QED) is 0.460. The molecule has 0 unspecified atom stereocenters. The molecule has 0 fully saturated rings. The van der Waals surface area contributed by atoms with Gasteiger partial charge in [0.25, 0.3) is 0 Å². The summed E-state index contributed by atoms with van der Waals surface area (Å²) in [7, 11) is 0. The minimum Gasteiger partial charge on any atom is -0.394 e. The summed E-state index contributed by atoms with van der Waals surface area (Å²) in [6.45, 7) is -0.115. The second-order valence-corrected chi connectivity index (χ2v) is 3.11. The Morgan fingerprint density at radius 3 is 2.18 bits per heavy atom. The van der Waals surface area contributed by atoms with Crippen molar-refractivity contribution in [2.75, 3.05) is 31.7 Å². The molecule has 1 rings (SSSR count). The smallest absolute Gasteiger partial charge is 0.185 e. The Balaban J connectivity index is 2.64. The summed E-state index contributed by atoms with van der Waals surface area (Å²) in [5, 5.41) is 10.6. The van der Waals surface area contributed by atoms with Crippen molar-refractivity contribution in [1.29, 1.82) is 0 Å². The lowest BCUT2D eigenvalue weighted by Gasteiger charge is -2.09. The van der Waals surface area contributed by atoms with Crippen LogP contribution in [-0.4, -0.2) is 31.5 Å². The van der Waals surface area contributed by atoms with Gasteiger partial charge >= 0.3 is 0 Å². The summed E-state index contributed by atoms with van der Waals surface area (Å²) < 4.78 is 56.5. The largest absolute Gasteiger partial charge is 0.394 e. The molecule has 0 atom stereocenters. The number of ether oxygens (including phenoxy) is 1. The maximum atomic E-state index is 13.1. The van der Waals surface area contributed by atoms with E-state index in [1.807, 2.05) is 0 Å². The van der Waals surface area contributed by atoms with Gasteiger partial charge in [-0.25, -0.2) is 17.6 Å². The Morgan fingerprint density at radius 2 is 1.65 bits per heavy atom. The highest BCUT2D eigenvalue weighted by atomic mass is 19.2. The SMILES string of the molecule is OCCOCCNc1c(F)c(F)cc(F)c1F. The Kier molecular flexibility index (Phi) is 5.17. The maximum Gasteiger partial charge on any atom is 0.185 e. The molecule has 17 heavy (non-hydrogen) atoms. The van der Waals surface area contributed by atoms with Crippen LogP contribution in [0.2, 0.25) is 0 Å². The molecular formula is C10H11F4NO2. The molecule has 1 aromatic rings. The average Bonchev–Trinajstić information content (AvgIpc) is 2.30. The summed E-state index contributed by atoms with van der Waals surface area (Å²) in [5.74, 6) is -5.90. The molecule has 0 saturated heterocycles. The van der Waals surface area contributed by atoms with Crippen LogP contribution < -0.4 is 5.32 Å². The van der Waals surface area contributed by atoms with Gasteiger partial charge in [0, 0.05) is 12.6 Å². The van der Waals surface area contributed by atoms with Crippen LogP contribution in [0.15, 0.2) is 6.07 Å². The van der Waals surface area contributed by atoms with Gasteiger partial charge < -0.3 is 15.2 Å². The monoisotopic (exact) mass is 253 g/mol. The first-order chi connectivity index (χ1) is 8.07. The molecule has 0 amide bonds. The van der Waals surface area contributed by atoms with E-state index >= 15 is 0 Å². The van der Waals surface area contributed by atoms with E-state index in [4.69, 9.17) is 9.84 Å². The highest BCUT2D eigenvalue weighted by Crippen LogP contribution is 2.23. The lowest BCUT2D eigenvalue weighted by molar-refractivity contribution is 0.0991. The molecule has 1 aromatic carbocycles. The molecule has 0 aromatic heterocycles. The highest BCUT2D eigenvalue weighted by molar-refractivity contribution is 5.47. The second-order valence-electron chi connectivity index (χ2n) is 3.11. The predicted molar refractivity (Wildman–Crippen MR) is 52.7 cm³/mol. The topological polar surface area (TPSA) is 41.5 Å². The molecular weight excluding hydrogens is 242 g/mol. The average molecular weight is 253 g/mol. The van der Waals surface area contributed by atoms with Gasteiger partial charge in [-0.1, -0.05) is 0 Å². The Hall–Kier alpha value is -1.34. The van der Waals surface area contributed by atoms with E-state index in [9.17, 15) is 17.6 Å². The minimum atomic E-state index is -1.48. The maximum absolute atomic E-state index is 13.1. The minimum absolute atomic E-state index is 0.0393. The fourth-order valence-electron chi connectivity index (χ4n) is 1.14. The van der Waals surface area contributed by atoms with Crippen molar-refractivity contribution >= 4 is 5.69 Å². The number of aliphatic hydroxyl groups is 1. The molecule has 0 saturated carbocycles. The van der Waals surface area contributed by atoms with Crippen molar-refractivity contribution in [2.45, 2.75) is 0 Å². The molecule has 0 heterocycles. The van der Waals surface area contributed by atoms with E-state index in [2.05, 4.69) is 5.32 Å². The van der Waals surface area contributed by atoms with Crippen molar-refractivity contribution in [3.05, 3.63) is 29.3 Å². The van der Waals surface area contributed by atoms with E-state index in [1.54, 1.807) is 0 Å². The third-order valence-corrected chi connectivity index (χ3v) is 1.90. The van der Waals surface area contributed by atoms with Gasteiger partial charge in [0.05, 0.1) is 19.8 Å². The molecule has 0 radical (unpaired) electrons. The number of anilines is 1. The second kappa shape index (κ2) is 6.41. The normalized spacial score (nSPS) is 10.6. The lowest BCUT2D eigenvalue weighted by atomic mass is 10.2. The zero-order valence-electron chi connectivity index (χ0n) is 8.77. The van der Waals surface area contributed by atoms with Crippen LogP contribution >= 0.6 is 0 Å². The standard InChI is InChI=1S/C10H11F4NO2/c11-6-5-7(12)9(14)10(8(6)13)15-1-3-17-4-2-16/h5,15-16H,1-4H2. The van der Waals surface area contributed by atoms with Crippen LogP contribution in [0.1, 0.15) is 0 Å². The van der Waals surface area contributed by atoms with E-state index in [0.29, 0.717) is 0 Å². The fourth-order valence-corrected chi connectivity index (χ4v) is 1.14. The van der Waals surface area contributed by atoms with Gasteiger partial charge in [0.15, 0.2) is 23.3 Å². The number of nitrogens with one attached hydrogen (secondary N) is 1. The van der Waals surface area contributed by atoms with Gasteiger partial charge in [-0.05, 0) is 0 Å². The number of hydrogen-bond donors (Lipinski definition) is 2. The highest BCUT2D eigenvalue weighted by Gasteiger charge is 2.18. The number of aliphatic hydroxyl groups excluding tert-OH is 1. The number of halogens is 4. The zero-order chi connectivity index (χ0) is 12.8. The van der Waals surface area contributed by atoms with Crippen LogP contribution in [0.5, 0.6) is 0 Å². The molecule has 0 bridgehead atoms. The van der Waals surface area contributed by atoms with Gasteiger partial charge in [0.2, 0.25) is 0 Å². The lowest BCUT2D eigenvalue weighted by Crippen LogP contribution is -2.14. The Bertz CT molecular complexity index is 361. The van der Waals surface area contributed by atoms with Crippen molar-refractivity contribution in [3.63, 3.8) is 0 Å². The summed E-state index contributed by atoms with van der Waals surface area (Å²) in [6.07, 6.45) is 0. The summed E-state index contributed by atoms with van der Waals surface area (Å²) in [5.41, 5.74) is -0.866. The Morgan fingerprint density at radius 1 is 1.06 bits per heavy atom. The van der Waals surface area contributed by atoms with Crippen LogP contribution in [-0.2, 0) is 4.74 Å². The van der Waals surface area contributed by atoms with E-state index in [-0.39, 0.29) is 32.4 Å². The van der Waals surface area contributed by atoms with E-state index in [0.717, 1.165) is 0 Å². The van der Waals surface area contributed by atoms with Gasteiger partial charge in [-0.15, -0.1) is 0 Å². The molecule has 0 aliphatic rings. The third-order valence-electron chi connectivity index (χ3n) is 1.90. The van der Waals surface area contributed by atoms with Crippen LogP contribution in [0.25, 0.3) is 0 Å². The van der Waals surface area contributed by atoms with E-state index < -0.39 is 29.0 Å². The molecule has 0 aliphatic heterocycles. The molecule has 0 spiro atoms. The van der Waals surface area contributed by atoms with Crippen LogP contribution in [0, 0.1) is 23.3 Å². The fraction of sp³-hybridized carbons (Fsp3) is 0.400. The Labute approximate surface area is 95.0 Å². The van der Waals surface area contributed by atoms with Crippen molar-refractivity contribution in [1.82, 2.24) is 0 Å². The number of rotatable bonds is 6. The first-order valence-corrected chi connectivity index (χ1v) is 4.83. The van der Waals surface area contributed by atoms with E-state index in [1.165, 1.54) is 0 Å².